The number of aromatic nitrogens is 2. The molecule has 5 rings (SSSR count). The highest BCUT2D eigenvalue weighted by molar-refractivity contribution is 6.06. The van der Waals surface area contributed by atoms with Crippen molar-refractivity contribution in [3.05, 3.63) is 58.9 Å². The van der Waals surface area contributed by atoms with Gasteiger partial charge in [-0.2, -0.15) is 0 Å². The van der Waals surface area contributed by atoms with Gasteiger partial charge in [0.05, 0.1) is 16.6 Å². The summed E-state index contributed by atoms with van der Waals surface area (Å²) in [5.74, 6) is 0.986. The molecule has 3 aromatic rings. The molecular weight excluding hydrogens is 352 g/mol. The van der Waals surface area contributed by atoms with Crippen LogP contribution in [0.15, 0.2) is 40.9 Å². The van der Waals surface area contributed by atoms with E-state index < -0.39 is 0 Å². The second-order valence-corrected chi connectivity index (χ2v) is 8.04. The fraction of sp³-hybridized carbons (Fsp3) is 0.409. The molecule has 0 bridgehead atoms. The average Bonchev–Trinajstić information content (AvgIpc) is 3.39. The number of nitrogens with zero attached hydrogens (tertiary/aromatic N) is 3. The first-order valence-corrected chi connectivity index (χ1v) is 9.97. The number of nitrogens with two attached hydrogens (primary N) is 1. The van der Waals surface area contributed by atoms with Crippen LogP contribution in [0.5, 0.6) is 0 Å². The Labute approximate surface area is 163 Å². The zero-order valence-electron chi connectivity index (χ0n) is 16.0. The number of rotatable bonds is 4. The lowest BCUT2D eigenvalue weighted by Crippen LogP contribution is -2.30. The molecule has 2 atom stereocenters. The number of benzene rings is 1. The van der Waals surface area contributed by atoms with E-state index in [9.17, 15) is 4.79 Å². The number of fused-ring (bicyclic) bond motifs is 1. The fourth-order valence-corrected chi connectivity index (χ4v) is 4.39. The maximum atomic E-state index is 13.5. The van der Waals surface area contributed by atoms with Crippen molar-refractivity contribution in [3.63, 3.8) is 0 Å². The number of amides is 1. The minimum absolute atomic E-state index is 0.0254. The van der Waals surface area contributed by atoms with Crippen molar-refractivity contribution in [1.29, 1.82) is 0 Å². The van der Waals surface area contributed by atoms with Crippen LogP contribution >= 0.6 is 0 Å². The Kier molecular flexibility index (Phi) is 4.16. The second-order valence-electron chi connectivity index (χ2n) is 8.04. The first kappa shape index (κ1) is 17.4. The van der Waals surface area contributed by atoms with Gasteiger partial charge in [0.15, 0.2) is 0 Å². The number of pyridine rings is 1. The van der Waals surface area contributed by atoms with Gasteiger partial charge in [-0.05, 0) is 43.9 Å². The summed E-state index contributed by atoms with van der Waals surface area (Å²) in [7, 11) is 0. The molecule has 28 heavy (non-hydrogen) atoms. The van der Waals surface area contributed by atoms with Gasteiger partial charge in [0, 0.05) is 30.6 Å². The van der Waals surface area contributed by atoms with Gasteiger partial charge < -0.3 is 15.2 Å². The molecule has 2 N–H and O–H groups in total. The van der Waals surface area contributed by atoms with Crippen molar-refractivity contribution in [2.24, 2.45) is 11.7 Å². The highest BCUT2D eigenvalue weighted by Gasteiger charge is 2.37. The quantitative estimate of drug-likeness (QED) is 0.756. The van der Waals surface area contributed by atoms with Gasteiger partial charge in [-0.15, -0.1) is 0 Å². The predicted molar refractivity (Wildman–Crippen MR) is 106 cm³/mol. The van der Waals surface area contributed by atoms with Crippen molar-refractivity contribution in [1.82, 2.24) is 15.0 Å². The van der Waals surface area contributed by atoms with E-state index in [0.717, 1.165) is 23.9 Å². The van der Waals surface area contributed by atoms with Crippen LogP contribution < -0.4 is 5.73 Å². The minimum Gasteiger partial charge on any atom is -0.338 e. The average molecular weight is 376 g/mol. The SMILES string of the molecule is Cc1noc2nc(C3CC3)cc(C(=O)N3C[C@@H](CN)[C@H](c4ccccc4)C3)c12. The Bertz CT molecular complexity index is 1030. The molecule has 6 nitrogen and oxygen atoms in total. The maximum Gasteiger partial charge on any atom is 0.259 e. The molecule has 1 saturated carbocycles. The number of likely N-dealkylation sites (tertiary alicyclic amines) is 1. The zero-order valence-corrected chi connectivity index (χ0v) is 16.0. The van der Waals surface area contributed by atoms with Crippen molar-refractivity contribution >= 4 is 17.0 Å². The number of carbonyl (C=O) groups excluding carboxylic acids is 1. The molecule has 1 aliphatic carbocycles. The van der Waals surface area contributed by atoms with E-state index in [4.69, 9.17) is 10.3 Å². The minimum atomic E-state index is 0.0254. The summed E-state index contributed by atoms with van der Waals surface area (Å²) >= 11 is 0. The molecule has 2 aromatic heterocycles. The van der Waals surface area contributed by atoms with Crippen molar-refractivity contribution < 1.29 is 9.32 Å². The van der Waals surface area contributed by atoms with E-state index in [1.54, 1.807) is 0 Å². The molecule has 0 spiro atoms. The fourth-order valence-electron chi connectivity index (χ4n) is 4.39. The van der Waals surface area contributed by atoms with Crippen molar-refractivity contribution in [2.45, 2.75) is 31.6 Å². The number of hydrogen-bond acceptors (Lipinski definition) is 5. The van der Waals surface area contributed by atoms with Gasteiger partial charge in [-0.25, -0.2) is 4.98 Å². The van der Waals surface area contributed by atoms with E-state index in [1.165, 1.54) is 5.56 Å². The molecule has 1 saturated heterocycles. The van der Waals surface area contributed by atoms with Gasteiger partial charge in [-0.1, -0.05) is 35.5 Å². The Morgan fingerprint density at radius 1 is 1.25 bits per heavy atom. The number of hydrogen-bond donors (Lipinski definition) is 1. The van der Waals surface area contributed by atoms with Crippen molar-refractivity contribution in [3.8, 4) is 0 Å². The van der Waals surface area contributed by atoms with Crippen LogP contribution in [0.4, 0.5) is 0 Å². The second kappa shape index (κ2) is 6.71. The number of carbonyl (C=O) groups is 1. The summed E-state index contributed by atoms with van der Waals surface area (Å²) in [6, 6.07) is 12.3. The van der Waals surface area contributed by atoms with Gasteiger partial charge >= 0.3 is 0 Å². The van der Waals surface area contributed by atoms with E-state index in [1.807, 2.05) is 36.1 Å². The standard InChI is InChI=1S/C22H24N4O2/c1-13-20-17(9-19(15-7-8-15)24-21(20)28-25-13)22(27)26-11-16(10-23)18(12-26)14-5-3-2-4-6-14/h2-6,9,15-16,18H,7-8,10-12,23H2,1H3/t16-,18+/m1/s1. The molecule has 1 aliphatic heterocycles. The lowest BCUT2D eigenvalue weighted by molar-refractivity contribution is 0.0788. The Hall–Kier alpha value is -2.73. The van der Waals surface area contributed by atoms with Crippen LogP contribution in [-0.2, 0) is 0 Å². The molecule has 0 radical (unpaired) electrons. The summed E-state index contributed by atoms with van der Waals surface area (Å²) in [6.07, 6.45) is 2.24. The van der Waals surface area contributed by atoms with Crippen LogP contribution in [0.3, 0.4) is 0 Å². The van der Waals surface area contributed by atoms with Crippen LogP contribution in [0, 0.1) is 12.8 Å². The Morgan fingerprint density at radius 2 is 2.04 bits per heavy atom. The van der Waals surface area contributed by atoms with Crippen LogP contribution in [0.1, 0.15) is 52.0 Å². The Balaban J connectivity index is 1.50. The highest BCUT2D eigenvalue weighted by Crippen LogP contribution is 2.41. The van der Waals surface area contributed by atoms with E-state index in [2.05, 4.69) is 22.3 Å². The molecule has 6 heteroatoms. The van der Waals surface area contributed by atoms with E-state index in [-0.39, 0.29) is 17.7 Å². The Morgan fingerprint density at radius 3 is 2.75 bits per heavy atom. The smallest absolute Gasteiger partial charge is 0.259 e. The van der Waals surface area contributed by atoms with Gasteiger partial charge in [0.1, 0.15) is 0 Å². The number of aryl methyl sites for hydroxylation is 1. The van der Waals surface area contributed by atoms with Crippen LogP contribution in [0.2, 0.25) is 0 Å². The third kappa shape index (κ3) is 2.88. The van der Waals surface area contributed by atoms with E-state index >= 15 is 0 Å². The highest BCUT2D eigenvalue weighted by atomic mass is 16.5. The largest absolute Gasteiger partial charge is 0.338 e. The summed E-state index contributed by atoms with van der Waals surface area (Å²) in [6.45, 7) is 3.77. The van der Waals surface area contributed by atoms with Crippen LogP contribution in [-0.4, -0.2) is 40.6 Å². The summed E-state index contributed by atoms with van der Waals surface area (Å²) in [5, 5.41) is 4.79. The molecule has 1 aromatic carbocycles. The molecule has 2 fully saturated rings. The molecule has 1 amide bonds. The normalized spacial score (nSPS) is 22.1. The monoisotopic (exact) mass is 376 g/mol. The topological polar surface area (TPSA) is 85.2 Å². The van der Waals surface area contributed by atoms with Crippen molar-refractivity contribution in [2.75, 3.05) is 19.6 Å². The predicted octanol–water partition coefficient (Wildman–Crippen LogP) is 3.22. The zero-order chi connectivity index (χ0) is 19.3. The third-order valence-electron chi connectivity index (χ3n) is 6.12. The third-order valence-corrected chi connectivity index (χ3v) is 6.12. The summed E-state index contributed by atoms with van der Waals surface area (Å²) in [4.78, 5) is 20.1. The first-order chi connectivity index (χ1) is 13.7. The van der Waals surface area contributed by atoms with Gasteiger partial charge in [0.2, 0.25) is 0 Å². The lowest BCUT2D eigenvalue weighted by atomic mass is 9.89. The summed E-state index contributed by atoms with van der Waals surface area (Å²) in [5.41, 5.74) is 10.1. The molecule has 2 aliphatic rings. The molecule has 0 unspecified atom stereocenters. The maximum absolute atomic E-state index is 13.5. The first-order valence-electron chi connectivity index (χ1n) is 9.97. The van der Waals surface area contributed by atoms with Crippen LogP contribution in [0.25, 0.3) is 11.1 Å². The molecular formula is C22H24N4O2. The van der Waals surface area contributed by atoms with Gasteiger partial charge in [-0.3, -0.25) is 4.79 Å². The summed E-state index contributed by atoms with van der Waals surface area (Å²) < 4.78 is 5.40. The van der Waals surface area contributed by atoms with E-state index in [0.29, 0.717) is 42.5 Å². The molecule has 3 heterocycles. The lowest BCUT2D eigenvalue weighted by Gasteiger charge is -2.17. The molecule has 144 valence electrons. The van der Waals surface area contributed by atoms with Gasteiger partial charge in [0.25, 0.3) is 11.6 Å².